The Morgan fingerprint density at radius 1 is 1.39 bits per heavy atom. The molecule has 2 rings (SSSR count). The molecular weight excluding hydrogens is 300 g/mol. The van der Waals surface area contributed by atoms with Gasteiger partial charge in [0.15, 0.2) is 11.5 Å². The van der Waals surface area contributed by atoms with Gasteiger partial charge in [-0.15, -0.1) is 0 Å². The smallest absolute Gasteiger partial charge is 0.321 e. The van der Waals surface area contributed by atoms with Gasteiger partial charge in [-0.3, -0.25) is 4.79 Å². The van der Waals surface area contributed by atoms with Crippen LogP contribution >= 0.6 is 0 Å². The number of ether oxygens (including phenoxy) is 2. The number of carboxylic acid groups (broad SMARTS) is 1. The van der Waals surface area contributed by atoms with Crippen LogP contribution in [-0.4, -0.2) is 48.8 Å². The number of likely N-dealkylation sites (tertiary alicyclic amines) is 1. The summed E-state index contributed by atoms with van der Waals surface area (Å²) in [5.74, 6) is -0.210. The monoisotopic (exact) mass is 322 g/mol. The van der Waals surface area contributed by atoms with Crippen molar-refractivity contribution in [3.8, 4) is 11.5 Å². The number of anilines is 1. The summed E-state index contributed by atoms with van der Waals surface area (Å²) in [5, 5.41) is 11.9. The SMILES string of the molecule is CCOc1cc(NC(=O)N2CCCC(C(=O)O)C2)ccc1OC. The number of aliphatic carboxylic acids is 1. The second-order valence-corrected chi connectivity index (χ2v) is 5.35. The molecule has 1 aromatic carbocycles. The number of piperidine rings is 1. The number of benzene rings is 1. The van der Waals surface area contributed by atoms with Crippen molar-refractivity contribution in [3.63, 3.8) is 0 Å². The van der Waals surface area contributed by atoms with Crippen LogP contribution in [0.4, 0.5) is 10.5 Å². The van der Waals surface area contributed by atoms with Gasteiger partial charge in [0.25, 0.3) is 0 Å². The summed E-state index contributed by atoms with van der Waals surface area (Å²) >= 11 is 0. The van der Waals surface area contributed by atoms with E-state index in [-0.39, 0.29) is 12.6 Å². The number of carbonyl (C=O) groups excluding carboxylic acids is 1. The zero-order valence-corrected chi connectivity index (χ0v) is 13.4. The molecule has 0 radical (unpaired) electrons. The van der Waals surface area contributed by atoms with Crippen molar-refractivity contribution in [2.24, 2.45) is 5.92 Å². The maximum atomic E-state index is 12.3. The van der Waals surface area contributed by atoms with Gasteiger partial charge in [-0.25, -0.2) is 4.79 Å². The molecule has 1 aliphatic heterocycles. The summed E-state index contributed by atoms with van der Waals surface area (Å²) in [6.07, 6.45) is 1.30. The van der Waals surface area contributed by atoms with Gasteiger partial charge in [-0.2, -0.15) is 0 Å². The standard InChI is InChI=1S/C16H22N2O5/c1-3-23-14-9-12(6-7-13(14)22-2)17-16(21)18-8-4-5-11(10-18)15(19)20/h6-7,9,11H,3-5,8,10H2,1-2H3,(H,17,21)(H,19,20). The van der Waals surface area contributed by atoms with Crippen LogP contribution in [0.5, 0.6) is 11.5 Å². The molecule has 2 N–H and O–H groups in total. The second kappa shape index (κ2) is 7.71. The third-order valence-corrected chi connectivity index (χ3v) is 3.77. The summed E-state index contributed by atoms with van der Waals surface area (Å²) in [6, 6.07) is 4.83. The molecule has 0 aliphatic carbocycles. The first-order valence-electron chi connectivity index (χ1n) is 7.64. The van der Waals surface area contributed by atoms with Gasteiger partial charge >= 0.3 is 12.0 Å². The summed E-state index contributed by atoms with van der Waals surface area (Å²) in [7, 11) is 1.55. The highest BCUT2D eigenvalue weighted by Gasteiger charge is 2.28. The first-order chi connectivity index (χ1) is 11.0. The van der Waals surface area contributed by atoms with E-state index < -0.39 is 11.9 Å². The van der Waals surface area contributed by atoms with Gasteiger partial charge in [-0.1, -0.05) is 0 Å². The average Bonchev–Trinajstić information content (AvgIpc) is 2.55. The number of carboxylic acids is 1. The average molecular weight is 322 g/mol. The lowest BCUT2D eigenvalue weighted by Gasteiger charge is -2.30. The summed E-state index contributed by atoms with van der Waals surface area (Å²) in [6.45, 7) is 3.14. The Balaban J connectivity index is 2.04. The number of hydrogen-bond acceptors (Lipinski definition) is 4. The fraction of sp³-hybridized carbons (Fsp3) is 0.500. The molecule has 126 valence electrons. The predicted molar refractivity (Wildman–Crippen MR) is 85.1 cm³/mol. The van der Waals surface area contributed by atoms with Crippen molar-refractivity contribution >= 4 is 17.7 Å². The molecule has 2 amide bonds. The summed E-state index contributed by atoms with van der Waals surface area (Å²) in [5.41, 5.74) is 0.580. The van der Waals surface area contributed by atoms with Crippen LogP contribution in [0.3, 0.4) is 0 Å². The fourth-order valence-corrected chi connectivity index (χ4v) is 2.59. The molecule has 0 bridgehead atoms. The number of amides is 2. The maximum absolute atomic E-state index is 12.3. The Labute approximate surface area is 135 Å². The molecule has 0 saturated carbocycles. The highest BCUT2D eigenvalue weighted by Crippen LogP contribution is 2.30. The Morgan fingerprint density at radius 2 is 2.17 bits per heavy atom. The van der Waals surface area contributed by atoms with E-state index in [1.807, 2.05) is 6.92 Å². The molecule has 1 fully saturated rings. The quantitative estimate of drug-likeness (QED) is 0.869. The van der Waals surface area contributed by atoms with Crippen molar-refractivity contribution in [2.75, 3.05) is 32.1 Å². The van der Waals surface area contributed by atoms with Gasteiger partial charge in [-0.05, 0) is 31.9 Å². The van der Waals surface area contributed by atoms with E-state index in [9.17, 15) is 9.59 Å². The second-order valence-electron chi connectivity index (χ2n) is 5.35. The lowest BCUT2D eigenvalue weighted by molar-refractivity contribution is -0.143. The minimum absolute atomic E-state index is 0.232. The van der Waals surface area contributed by atoms with E-state index in [1.54, 1.807) is 25.3 Å². The first kappa shape index (κ1) is 16.9. The third-order valence-electron chi connectivity index (χ3n) is 3.77. The predicted octanol–water partition coefficient (Wildman–Crippen LogP) is 2.42. The van der Waals surface area contributed by atoms with Gasteiger partial charge in [0.2, 0.25) is 0 Å². The Hall–Kier alpha value is -2.44. The normalized spacial score (nSPS) is 17.5. The number of urea groups is 1. The van der Waals surface area contributed by atoms with Crippen molar-refractivity contribution < 1.29 is 24.2 Å². The van der Waals surface area contributed by atoms with Crippen LogP contribution in [0.1, 0.15) is 19.8 Å². The van der Waals surface area contributed by atoms with E-state index in [1.165, 1.54) is 4.90 Å². The van der Waals surface area contributed by atoms with E-state index >= 15 is 0 Å². The number of carbonyl (C=O) groups is 2. The lowest BCUT2D eigenvalue weighted by Crippen LogP contribution is -2.44. The fourth-order valence-electron chi connectivity index (χ4n) is 2.59. The number of rotatable bonds is 5. The van der Waals surface area contributed by atoms with Crippen molar-refractivity contribution in [2.45, 2.75) is 19.8 Å². The van der Waals surface area contributed by atoms with Gasteiger partial charge in [0, 0.05) is 24.8 Å². The molecule has 0 spiro atoms. The molecule has 1 unspecified atom stereocenters. The molecule has 1 aliphatic rings. The maximum Gasteiger partial charge on any atom is 0.321 e. The Kier molecular flexibility index (Phi) is 5.67. The van der Waals surface area contributed by atoms with Crippen LogP contribution < -0.4 is 14.8 Å². The number of methoxy groups -OCH3 is 1. The molecule has 0 aromatic heterocycles. The van der Waals surface area contributed by atoms with Crippen LogP contribution in [0.25, 0.3) is 0 Å². The lowest BCUT2D eigenvalue weighted by atomic mass is 9.99. The molecule has 7 heteroatoms. The van der Waals surface area contributed by atoms with Crippen LogP contribution in [0.15, 0.2) is 18.2 Å². The van der Waals surface area contributed by atoms with E-state index in [2.05, 4.69) is 5.32 Å². The number of nitrogens with zero attached hydrogens (tertiary/aromatic N) is 1. The molecule has 7 nitrogen and oxygen atoms in total. The van der Waals surface area contributed by atoms with Crippen LogP contribution in [0, 0.1) is 5.92 Å². The van der Waals surface area contributed by atoms with Gasteiger partial charge < -0.3 is 24.8 Å². The molecule has 1 aromatic rings. The van der Waals surface area contributed by atoms with Gasteiger partial charge in [0.1, 0.15) is 0 Å². The zero-order chi connectivity index (χ0) is 16.8. The summed E-state index contributed by atoms with van der Waals surface area (Å²) < 4.78 is 10.7. The minimum atomic E-state index is -0.856. The van der Waals surface area contributed by atoms with Crippen molar-refractivity contribution in [1.82, 2.24) is 4.90 Å². The topological polar surface area (TPSA) is 88.1 Å². The van der Waals surface area contributed by atoms with E-state index in [0.717, 1.165) is 0 Å². The first-order valence-corrected chi connectivity index (χ1v) is 7.64. The highest BCUT2D eigenvalue weighted by molar-refractivity contribution is 5.90. The molecular formula is C16H22N2O5. The minimum Gasteiger partial charge on any atom is -0.493 e. The molecule has 1 atom stereocenters. The molecule has 23 heavy (non-hydrogen) atoms. The Morgan fingerprint density at radius 3 is 2.83 bits per heavy atom. The largest absolute Gasteiger partial charge is 0.493 e. The zero-order valence-electron chi connectivity index (χ0n) is 13.4. The Bertz CT molecular complexity index is 576. The van der Waals surface area contributed by atoms with Crippen LogP contribution in [0.2, 0.25) is 0 Å². The number of nitrogens with one attached hydrogen (secondary N) is 1. The van der Waals surface area contributed by atoms with E-state index in [0.29, 0.717) is 43.2 Å². The van der Waals surface area contributed by atoms with Crippen molar-refractivity contribution in [3.05, 3.63) is 18.2 Å². The van der Waals surface area contributed by atoms with Gasteiger partial charge in [0.05, 0.1) is 19.6 Å². The van der Waals surface area contributed by atoms with Crippen LogP contribution in [-0.2, 0) is 4.79 Å². The highest BCUT2D eigenvalue weighted by atomic mass is 16.5. The number of hydrogen-bond donors (Lipinski definition) is 2. The molecule has 1 saturated heterocycles. The summed E-state index contributed by atoms with van der Waals surface area (Å²) in [4.78, 5) is 24.9. The third kappa shape index (κ3) is 4.28. The van der Waals surface area contributed by atoms with E-state index in [4.69, 9.17) is 14.6 Å². The van der Waals surface area contributed by atoms with Crippen molar-refractivity contribution in [1.29, 1.82) is 0 Å². The molecule has 1 heterocycles.